The minimum Gasteiger partial charge on any atom is -0.444 e. The molecule has 0 bridgehead atoms. The lowest BCUT2D eigenvalue weighted by atomic mass is 10.0. The number of carbonyl (C=O) groups excluding carboxylic acids is 2. The summed E-state index contributed by atoms with van der Waals surface area (Å²) in [5.41, 5.74) is -5.36. The summed E-state index contributed by atoms with van der Waals surface area (Å²) in [6, 6.07) is 2.12. The SMILES string of the molecule is CC(C)(C)OC(=O)NC(Cc1ccc(OSC(F)(F)F)cc1F)C(=O)N1CCCC1. The highest BCUT2D eigenvalue weighted by atomic mass is 32.2. The molecular formula is C19H24F4N2O4S. The average molecular weight is 452 g/mol. The highest BCUT2D eigenvalue weighted by Gasteiger charge is 2.32. The van der Waals surface area contributed by atoms with E-state index in [1.54, 1.807) is 25.7 Å². The highest BCUT2D eigenvalue weighted by molar-refractivity contribution is 7.95. The van der Waals surface area contributed by atoms with Crippen LogP contribution in [0.3, 0.4) is 0 Å². The van der Waals surface area contributed by atoms with Crippen LogP contribution in [-0.2, 0) is 16.0 Å². The number of alkyl halides is 3. The number of nitrogens with one attached hydrogen (secondary N) is 1. The van der Waals surface area contributed by atoms with E-state index in [-0.39, 0.29) is 23.6 Å². The third kappa shape index (κ3) is 7.92. The second kappa shape index (κ2) is 9.76. The predicted octanol–water partition coefficient (Wildman–Crippen LogP) is 4.43. The number of ether oxygens (including phenoxy) is 1. The maximum atomic E-state index is 14.4. The normalized spacial score (nSPS) is 15.6. The summed E-state index contributed by atoms with van der Waals surface area (Å²) in [5, 5.41) is 2.48. The van der Waals surface area contributed by atoms with Crippen LogP contribution in [0.25, 0.3) is 0 Å². The molecule has 6 nitrogen and oxygen atoms in total. The Morgan fingerprint density at radius 3 is 2.37 bits per heavy atom. The predicted molar refractivity (Wildman–Crippen MR) is 103 cm³/mol. The van der Waals surface area contributed by atoms with Crippen LogP contribution in [-0.4, -0.2) is 47.1 Å². The van der Waals surface area contributed by atoms with E-state index < -0.39 is 41.1 Å². The maximum Gasteiger partial charge on any atom is 0.479 e. The average Bonchev–Trinajstić information content (AvgIpc) is 3.13. The number of hydrogen-bond acceptors (Lipinski definition) is 5. The van der Waals surface area contributed by atoms with Crippen molar-refractivity contribution in [3.8, 4) is 5.75 Å². The van der Waals surface area contributed by atoms with E-state index in [2.05, 4.69) is 9.50 Å². The third-order valence-electron chi connectivity index (χ3n) is 4.09. The molecule has 0 aliphatic carbocycles. The van der Waals surface area contributed by atoms with Crippen molar-refractivity contribution in [1.29, 1.82) is 0 Å². The zero-order valence-electron chi connectivity index (χ0n) is 16.8. The van der Waals surface area contributed by atoms with Crippen molar-refractivity contribution in [2.24, 2.45) is 0 Å². The summed E-state index contributed by atoms with van der Waals surface area (Å²) < 4.78 is 60.7. The van der Waals surface area contributed by atoms with Gasteiger partial charge in [0.1, 0.15) is 23.2 Å². The lowest BCUT2D eigenvalue weighted by molar-refractivity contribution is -0.132. The summed E-state index contributed by atoms with van der Waals surface area (Å²) in [6.45, 7) is 6.08. The first kappa shape index (κ1) is 24.1. The fourth-order valence-corrected chi connectivity index (χ4v) is 3.16. The summed E-state index contributed by atoms with van der Waals surface area (Å²) in [7, 11) is 0. The van der Waals surface area contributed by atoms with Gasteiger partial charge in [0.05, 0.1) is 0 Å². The van der Waals surface area contributed by atoms with Crippen LogP contribution in [0.1, 0.15) is 39.2 Å². The first-order chi connectivity index (χ1) is 13.8. The van der Waals surface area contributed by atoms with Gasteiger partial charge >= 0.3 is 11.6 Å². The standard InChI is InChI=1S/C19H24F4N2O4S/c1-18(2,3)28-17(27)24-15(16(26)25-8-4-5-9-25)10-12-6-7-13(11-14(12)20)29-30-19(21,22)23/h6-7,11,15H,4-5,8-10H2,1-3H3,(H,24,27). The van der Waals surface area contributed by atoms with Crippen LogP contribution in [0, 0.1) is 5.82 Å². The molecule has 1 heterocycles. The van der Waals surface area contributed by atoms with Crippen molar-refractivity contribution in [1.82, 2.24) is 10.2 Å². The van der Waals surface area contributed by atoms with E-state index >= 15 is 0 Å². The molecule has 30 heavy (non-hydrogen) atoms. The fourth-order valence-electron chi connectivity index (χ4n) is 2.87. The number of nitrogens with zero attached hydrogens (tertiary/aromatic N) is 1. The second-order valence-corrected chi connectivity index (χ2v) is 8.60. The van der Waals surface area contributed by atoms with Gasteiger partial charge in [-0.3, -0.25) is 4.79 Å². The smallest absolute Gasteiger partial charge is 0.444 e. The second-order valence-electron chi connectivity index (χ2n) is 7.80. The molecule has 0 saturated carbocycles. The molecule has 1 fully saturated rings. The molecular weight excluding hydrogens is 428 g/mol. The summed E-state index contributed by atoms with van der Waals surface area (Å²) in [6.07, 6.45) is 0.666. The van der Waals surface area contributed by atoms with Crippen molar-refractivity contribution in [3.05, 3.63) is 29.6 Å². The molecule has 1 saturated heterocycles. The minimum atomic E-state index is -4.63. The number of rotatable bonds is 6. The highest BCUT2D eigenvalue weighted by Crippen LogP contribution is 2.33. The van der Waals surface area contributed by atoms with E-state index in [4.69, 9.17) is 4.74 Å². The Labute approximate surface area is 176 Å². The third-order valence-corrected chi connectivity index (χ3v) is 4.55. The van der Waals surface area contributed by atoms with Crippen molar-refractivity contribution in [2.75, 3.05) is 13.1 Å². The zero-order chi connectivity index (χ0) is 22.5. The van der Waals surface area contributed by atoms with Crippen LogP contribution in [0.5, 0.6) is 5.75 Å². The Balaban J connectivity index is 2.14. The maximum absolute atomic E-state index is 14.4. The van der Waals surface area contributed by atoms with Gasteiger partial charge in [0.15, 0.2) is 12.0 Å². The topological polar surface area (TPSA) is 67.9 Å². The Kier molecular flexibility index (Phi) is 7.84. The van der Waals surface area contributed by atoms with E-state index in [0.29, 0.717) is 13.1 Å². The van der Waals surface area contributed by atoms with Gasteiger partial charge in [0.2, 0.25) is 5.91 Å². The van der Waals surface area contributed by atoms with Gasteiger partial charge in [-0.15, -0.1) is 0 Å². The zero-order valence-corrected chi connectivity index (χ0v) is 17.7. The molecule has 168 valence electrons. The van der Waals surface area contributed by atoms with E-state index in [1.165, 1.54) is 12.1 Å². The number of benzene rings is 1. The Hall–Kier alpha value is -2.17. The number of halogens is 4. The van der Waals surface area contributed by atoms with E-state index in [9.17, 15) is 27.2 Å². The fraction of sp³-hybridized carbons (Fsp3) is 0.579. The van der Waals surface area contributed by atoms with E-state index in [0.717, 1.165) is 18.9 Å². The molecule has 1 N–H and O–H groups in total. The monoisotopic (exact) mass is 452 g/mol. The number of alkyl carbamates (subject to hydrolysis) is 1. The molecule has 1 atom stereocenters. The van der Waals surface area contributed by atoms with Crippen molar-refractivity contribution in [2.45, 2.75) is 57.2 Å². The van der Waals surface area contributed by atoms with Crippen LogP contribution >= 0.6 is 12.0 Å². The van der Waals surface area contributed by atoms with Gasteiger partial charge in [0.25, 0.3) is 0 Å². The Morgan fingerprint density at radius 2 is 1.83 bits per heavy atom. The van der Waals surface area contributed by atoms with Gasteiger partial charge in [0, 0.05) is 25.6 Å². The molecule has 0 spiro atoms. The Bertz CT molecular complexity index is 762. The van der Waals surface area contributed by atoms with Gasteiger partial charge < -0.3 is 19.1 Å². The van der Waals surface area contributed by atoms with Crippen LogP contribution in [0.2, 0.25) is 0 Å². The number of likely N-dealkylation sites (tertiary alicyclic amines) is 1. The first-order valence-corrected chi connectivity index (χ1v) is 10.1. The Morgan fingerprint density at radius 1 is 1.20 bits per heavy atom. The van der Waals surface area contributed by atoms with Gasteiger partial charge in [-0.25, -0.2) is 9.18 Å². The lowest BCUT2D eigenvalue weighted by Gasteiger charge is -2.26. The molecule has 1 unspecified atom stereocenters. The van der Waals surface area contributed by atoms with Gasteiger partial charge in [-0.1, -0.05) is 6.07 Å². The molecule has 0 aromatic heterocycles. The lowest BCUT2D eigenvalue weighted by Crippen LogP contribution is -2.50. The molecule has 2 rings (SSSR count). The number of amides is 2. The van der Waals surface area contributed by atoms with Gasteiger partial charge in [-0.05, 0) is 45.2 Å². The molecule has 1 aliphatic rings. The molecule has 1 aliphatic heterocycles. The molecule has 1 aromatic rings. The molecule has 1 aromatic carbocycles. The molecule has 2 amide bonds. The summed E-state index contributed by atoms with van der Waals surface area (Å²) >= 11 is -0.751. The number of hydrogen-bond donors (Lipinski definition) is 1. The molecule has 11 heteroatoms. The first-order valence-electron chi connectivity index (χ1n) is 9.33. The summed E-state index contributed by atoms with van der Waals surface area (Å²) in [5.74, 6) is -1.53. The van der Waals surface area contributed by atoms with Crippen LogP contribution in [0.4, 0.5) is 22.4 Å². The summed E-state index contributed by atoms with van der Waals surface area (Å²) in [4.78, 5) is 26.6. The minimum absolute atomic E-state index is 0.0490. The van der Waals surface area contributed by atoms with Crippen molar-refractivity contribution in [3.63, 3.8) is 0 Å². The van der Waals surface area contributed by atoms with Crippen molar-refractivity contribution < 1.29 is 36.1 Å². The van der Waals surface area contributed by atoms with E-state index in [1.807, 2.05) is 0 Å². The van der Waals surface area contributed by atoms with Crippen LogP contribution in [0.15, 0.2) is 18.2 Å². The van der Waals surface area contributed by atoms with Crippen LogP contribution < -0.4 is 9.50 Å². The molecule has 0 radical (unpaired) electrons. The van der Waals surface area contributed by atoms with Gasteiger partial charge in [-0.2, -0.15) is 13.2 Å². The largest absolute Gasteiger partial charge is 0.479 e. The van der Waals surface area contributed by atoms with Crippen molar-refractivity contribution >= 4 is 24.0 Å². The number of carbonyl (C=O) groups is 2. The quantitative estimate of drug-likeness (QED) is 0.511.